The third-order valence-corrected chi connectivity index (χ3v) is 4.36. The molecule has 1 spiro atoms. The minimum absolute atomic E-state index is 0.126. The van der Waals surface area contributed by atoms with Gasteiger partial charge in [0, 0.05) is 5.54 Å². The molecular weight excluding hydrogens is 162 g/mol. The van der Waals surface area contributed by atoms with E-state index in [0.29, 0.717) is 5.60 Å². The molecule has 0 aromatic heterocycles. The normalized spacial score (nSPS) is 59.5. The van der Waals surface area contributed by atoms with Crippen LogP contribution >= 0.6 is 0 Å². The molecule has 0 bridgehead atoms. The van der Waals surface area contributed by atoms with Gasteiger partial charge in [-0.3, -0.25) is 0 Å². The van der Waals surface area contributed by atoms with Crippen LogP contribution < -0.4 is 5.73 Å². The molecule has 0 amide bonds. The largest absolute Gasteiger partial charge is 0.375 e. The Morgan fingerprint density at radius 3 is 2.08 bits per heavy atom. The van der Waals surface area contributed by atoms with Gasteiger partial charge in [0.05, 0.1) is 12.2 Å². The maximum atomic E-state index is 6.18. The molecular formula is C11H19NO. The predicted octanol–water partition coefficient (Wildman–Crippen LogP) is 1.68. The van der Waals surface area contributed by atoms with Gasteiger partial charge in [0.25, 0.3) is 0 Å². The average molecular weight is 181 g/mol. The molecule has 4 atom stereocenters. The lowest BCUT2D eigenvalue weighted by Gasteiger charge is -2.40. The number of hydrogen-bond donors (Lipinski definition) is 1. The van der Waals surface area contributed by atoms with Gasteiger partial charge in [-0.05, 0) is 50.9 Å². The molecule has 0 aromatic carbocycles. The van der Waals surface area contributed by atoms with Crippen LogP contribution in [0.15, 0.2) is 0 Å². The standard InChI is InChI=1S/C11H19NO/c1-10(12)4-8-6-11(2-3-13-11)7-9(8)5-10/h8-9H,2-7,12H2,1H3/t8-,9?,10+,11?/m1/s1. The summed E-state index contributed by atoms with van der Waals surface area (Å²) in [6, 6.07) is 0. The van der Waals surface area contributed by atoms with Crippen molar-refractivity contribution >= 4 is 0 Å². The van der Waals surface area contributed by atoms with Gasteiger partial charge in [-0.1, -0.05) is 0 Å². The first kappa shape index (κ1) is 8.25. The van der Waals surface area contributed by atoms with Gasteiger partial charge in [0.2, 0.25) is 0 Å². The molecule has 74 valence electrons. The lowest BCUT2D eigenvalue weighted by atomic mass is 9.87. The maximum absolute atomic E-state index is 6.18. The Kier molecular flexibility index (Phi) is 1.45. The van der Waals surface area contributed by atoms with E-state index < -0.39 is 0 Å². The van der Waals surface area contributed by atoms with Gasteiger partial charge in [-0.2, -0.15) is 0 Å². The van der Waals surface area contributed by atoms with Crippen LogP contribution in [0.3, 0.4) is 0 Å². The minimum Gasteiger partial charge on any atom is -0.375 e. The van der Waals surface area contributed by atoms with E-state index in [4.69, 9.17) is 10.5 Å². The second-order valence-electron chi connectivity index (χ2n) is 5.77. The second kappa shape index (κ2) is 2.29. The molecule has 2 saturated carbocycles. The third kappa shape index (κ3) is 1.15. The summed E-state index contributed by atoms with van der Waals surface area (Å²) >= 11 is 0. The molecule has 1 aliphatic heterocycles. The van der Waals surface area contributed by atoms with Gasteiger partial charge in [0.1, 0.15) is 0 Å². The molecule has 2 nitrogen and oxygen atoms in total. The van der Waals surface area contributed by atoms with Crippen molar-refractivity contribution < 1.29 is 4.74 Å². The molecule has 3 fully saturated rings. The van der Waals surface area contributed by atoms with Crippen LogP contribution in [0.5, 0.6) is 0 Å². The fourth-order valence-corrected chi connectivity index (χ4v) is 3.84. The van der Waals surface area contributed by atoms with Crippen molar-refractivity contribution in [2.24, 2.45) is 17.6 Å². The molecule has 1 heterocycles. The summed E-state index contributed by atoms with van der Waals surface area (Å²) < 4.78 is 5.74. The van der Waals surface area contributed by atoms with Crippen LogP contribution in [0.2, 0.25) is 0 Å². The smallest absolute Gasteiger partial charge is 0.0710 e. The summed E-state index contributed by atoms with van der Waals surface area (Å²) in [5.41, 5.74) is 6.63. The summed E-state index contributed by atoms with van der Waals surface area (Å²) in [4.78, 5) is 0. The minimum atomic E-state index is 0.126. The molecule has 2 aliphatic carbocycles. The molecule has 2 heteroatoms. The van der Waals surface area contributed by atoms with Gasteiger partial charge in [0.15, 0.2) is 0 Å². The highest BCUT2D eigenvalue weighted by Crippen LogP contribution is 2.56. The first-order chi connectivity index (χ1) is 6.09. The van der Waals surface area contributed by atoms with Crippen LogP contribution in [0.4, 0.5) is 0 Å². The van der Waals surface area contributed by atoms with E-state index in [9.17, 15) is 0 Å². The maximum Gasteiger partial charge on any atom is 0.0710 e. The van der Waals surface area contributed by atoms with E-state index in [-0.39, 0.29) is 5.54 Å². The van der Waals surface area contributed by atoms with Crippen molar-refractivity contribution in [2.75, 3.05) is 6.61 Å². The zero-order chi connectivity index (χ0) is 9.10. The molecule has 0 aromatic rings. The molecule has 1 saturated heterocycles. The Balaban J connectivity index is 1.74. The van der Waals surface area contributed by atoms with Gasteiger partial charge in [-0.25, -0.2) is 0 Å². The fraction of sp³-hybridized carbons (Fsp3) is 1.00. The number of rotatable bonds is 0. The van der Waals surface area contributed by atoms with Crippen LogP contribution in [0.1, 0.15) is 39.0 Å². The molecule has 3 aliphatic rings. The van der Waals surface area contributed by atoms with E-state index in [0.717, 1.165) is 18.4 Å². The summed E-state index contributed by atoms with van der Waals surface area (Å²) in [6.45, 7) is 3.21. The fourth-order valence-electron chi connectivity index (χ4n) is 3.84. The van der Waals surface area contributed by atoms with E-state index in [1.54, 1.807) is 0 Å². The zero-order valence-corrected chi connectivity index (χ0v) is 8.38. The van der Waals surface area contributed by atoms with Gasteiger partial charge >= 0.3 is 0 Å². The third-order valence-electron chi connectivity index (χ3n) is 4.36. The van der Waals surface area contributed by atoms with E-state index in [1.807, 2.05) is 0 Å². The Bertz CT molecular complexity index is 214. The summed E-state index contributed by atoms with van der Waals surface area (Å²) in [5.74, 6) is 1.74. The highest BCUT2D eigenvalue weighted by Gasteiger charge is 2.54. The summed E-state index contributed by atoms with van der Waals surface area (Å²) in [5, 5.41) is 0. The molecule has 0 radical (unpaired) electrons. The average Bonchev–Trinajstić information content (AvgIpc) is 2.35. The Labute approximate surface area is 79.8 Å². The quantitative estimate of drug-likeness (QED) is 0.617. The first-order valence-electron chi connectivity index (χ1n) is 5.52. The number of hydrogen-bond acceptors (Lipinski definition) is 2. The zero-order valence-electron chi connectivity index (χ0n) is 8.38. The molecule has 3 rings (SSSR count). The van der Waals surface area contributed by atoms with Crippen molar-refractivity contribution in [3.63, 3.8) is 0 Å². The molecule has 2 N–H and O–H groups in total. The van der Waals surface area contributed by atoms with Crippen molar-refractivity contribution in [1.29, 1.82) is 0 Å². The lowest BCUT2D eigenvalue weighted by Crippen LogP contribution is -2.43. The second-order valence-corrected chi connectivity index (χ2v) is 5.77. The Morgan fingerprint density at radius 2 is 1.69 bits per heavy atom. The van der Waals surface area contributed by atoms with Crippen LogP contribution in [-0.2, 0) is 4.74 Å². The predicted molar refractivity (Wildman–Crippen MR) is 51.3 cm³/mol. The summed E-state index contributed by atoms with van der Waals surface area (Å²) in [6.07, 6.45) is 6.35. The molecule has 2 unspecified atom stereocenters. The highest BCUT2D eigenvalue weighted by atomic mass is 16.5. The van der Waals surface area contributed by atoms with E-state index >= 15 is 0 Å². The van der Waals surface area contributed by atoms with Crippen molar-refractivity contribution in [3.8, 4) is 0 Å². The van der Waals surface area contributed by atoms with Crippen LogP contribution in [-0.4, -0.2) is 17.7 Å². The first-order valence-corrected chi connectivity index (χ1v) is 5.52. The highest BCUT2D eigenvalue weighted by molar-refractivity contribution is 5.07. The monoisotopic (exact) mass is 181 g/mol. The Hall–Kier alpha value is -0.0800. The summed E-state index contributed by atoms with van der Waals surface area (Å²) in [7, 11) is 0. The van der Waals surface area contributed by atoms with E-state index in [2.05, 4.69) is 6.92 Å². The number of fused-ring (bicyclic) bond motifs is 1. The number of ether oxygens (including phenoxy) is 1. The Morgan fingerprint density at radius 1 is 1.15 bits per heavy atom. The molecule has 13 heavy (non-hydrogen) atoms. The van der Waals surface area contributed by atoms with Gasteiger partial charge < -0.3 is 10.5 Å². The van der Waals surface area contributed by atoms with Crippen molar-refractivity contribution in [2.45, 2.75) is 50.2 Å². The lowest BCUT2D eigenvalue weighted by molar-refractivity contribution is -0.146. The van der Waals surface area contributed by atoms with Gasteiger partial charge in [-0.15, -0.1) is 0 Å². The van der Waals surface area contributed by atoms with Crippen LogP contribution in [0, 0.1) is 11.8 Å². The topological polar surface area (TPSA) is 35.2 Å². The van der Waals surface area contributed by atoms with Crippen molar-refractivity contribution in [3.05, 3.63) is 0 Å². The number of nitrogens with two attached hydrogens (primary N) is 1. The van der Waals surface area contributed by atoms with E-state index in [1.165, 1.54) is 32.1 Å². The SMILES string of the molecule is C[C@@]1(N)CC2CC3(CCO3)C[C@H]2C1. The van der Waals surface area contributed by atoms with Crippen LogP contribution in [0.25, 0.3) is 0 Å². The van der Waals surface area contributed by atoms with Crippen molar-refractivity contribution in [1.82, 2.24) is 0 Å².